The van der Waals surface area contributed by atoms with E-state index >= 15 is 0 Å². The Morgan fingerprint density at radius 3 is 2.88 bits per heavy atom. The molecule has 4 nitrogen and oxygen atoms in total. The fraction of sp³-hybridized carbons (Fsp3) is 0.182. The van der Waals surface area contributed by atoms with E-state index in [0.717, 1.165) is 5.82 Å². The van der Waals surface area contributed by atoms with Crippen LogP contribution in [-0.4, -0.2) is 9.78 Å². The van der Waals surface area contributed by atoms with E-state index in [0.29, 0.717) is 17.8 Å². The second-order valence-corrected chi connectivity index (χ2v) is 3.58. The van der Waals surface area contributed by atoms with Gasteiger partial charge in [-0.1, -0.05) is 6.07 Å². The van der Waals surface area contributed by atoms with Crippen LogP contribution in [0.2, 0.25) is 0 Å². The fourth-order valence-corrected chi connectivity index (χ4v) is 1.40. The molecule has 0 spiro atoms. The molecule has 1 aromatic carbocycles. The van der Waals surface area contributed by atoms with E-state index < -0.39 is 0 Å². The topological polar surface area (TPSA) is 55.9 Å². The maximum Gasteiger partial charge on any atom is 0.148 e. The number of rotatable bonds is 3. The lowest BCUT2D eigenvalue weighted by Crippen LogP contribution is -2.03. The zero-order chi connectivity index (χ0) is 11.5. The van der Waals surface area contributed by atoms with Gasteiger partial charge in [0.15, 0.2) is 0 Å². The number of nitrogens with zero attached hydrogens (tertiary/aromatic N) is 2. The number of nitrogens with two attached hydrogens (primary N) is 1. The number of nitrogens with one attached hydrogen (secondary N) is 1. The van der Waals surface area contributed by atoms with Gasteiger partial charge in [0.1, 0.15) is 11.6 Å². The number of anilines is 2. The van der Waals surface area contributed by atoms with Gasteiger partial charge in [0.25, 0.3) is 0 Å². The van der Waals surface area contributed by atoms with Crippen LogP contribution in [0, 0.1) is 5.82 Å². The van der Waals surface area contributed by atoms with Crippen molar-refractivity contribution < 1.29 is 4.39 Å². The summed E-state index contributed by atoms with van der Waals surface area (Å²) in [6.45, 7) is 0.392. The monoisotopic (exact) mass is 220 g/mol. The van der Waals surface area contributed by atoms with E-state index in [-0.39, 0.29) is 5.82 Å². The van der Waals surface area contributed by atoms with Crippen molar-refractivity contribution >= 4 is 11.5 Å². The second-order valence-electron chi connectivity index (χ2n) is 3.58. The van der Waals surface area contributed by atoms with E-state index in [1.165, 1.54) is 6.07 Å². The van der Waals surface area contributed by atoms with Crippen molar-refractivity contribution in [2.24, 2.45) is 7.05 Å². The summed E-state index contributed by atoms with van der Waals surface area (Å²) >= 11 is 0. The van der Waals surface area contributed by atoms with Gasteiger partial charge < -0.3 is 11.1 Å². The quantitative estimate of drug-likeness (QED) is 0.775. The SMILES string of the molecule is Cn1ccc(NCc2ccc(N)cc2F)n1. The van der Waals surface area contributed by atoms with Crippen molar-refractivity contribution in [2.75, 3.05) is 11.1 Å². The van der Waals surface area contributed by atoms with Gasteiger partial charge in [-0.15, -0.1) is 0 Å². The molecular formula is C11H13FN4. The smallest absolute Gasteiger partial charge is 0.148 e. The summed E-state index contributed by atoms with van der Waals surface area (Å²) in [6, 6.07) is 6.49. The third kappa shape index (κ3) is 2.31. The van der Waals surface area contributed by atoms with Gasteiger partial charge in [0.05, 0.1) is 0 Å². The maximum absolute atomic E-state index is 13.4. The highest BCUT2D eigenvalue weighted by molar-refractivity contribution is 5.42. The van der Waals surface area contributed by atoms with E-state index in [2.05, 4.69) is 10.4 Å². The van der Waals surface area contributed by atoms with E-state index in [1.54, 1.807) is 16.8 Å². The van der Waals surface area contributed by atoms with Crippen LogP contribution >= 0.6 is 0 Å². The van der Waals surface area contributed by atoms with Crippen molar-refractivity contribution in [3.8, 4) is 0 Å². The molecular weight excluding hydrogens is 207 g/mol. The third-order valence-electron chi connectivity index (χ3n) is 2.25. The van der Waals surface area contributed by atoms with Crippen LogP contribution in [-0.2, 0) is 13.6 Å². The number of hydrogen-bond acceptors (Lipinski definition) is 3. The predicted molar refractivity (Wildman–Crippen MR) is 61.3 cm³/mol. The van der Waals surface area contributed by atoms with Crippen molar-refractivity contribution in [3.05, 3.63) is 41.8 Å². The van der Waals surface area contributed by atoms with Crippen molar-refractivity contribution in [3.63, 3.8) is 0 Å². The van der Waals surface area contributed by atoms with Crippen LogP contribution < -0.4 is 11.1 Å². The van der Waals surface area contributed by atoms with Gasteiger partial charge in [-0.25, -0.2) is 4.39 Å². The molecule has 0 aliphatic rings. The highest BCUT2D eigenvalue weighted by Crippen LogP contribution is 2.13. The molecule has 84 valence electrons. The van der Waals surface area contributed by atoms with Crippen LogP contribution in [0.25, 0.3) is 0 Å². The van der Waals surface area contributed by atoms with Crippen molar-refractivity contribution in [1.29, 1.82) is 0 Å². The molecule has 0 aliphatic heterocycles. The number of nitrogen functional groups attached to an aromatic ring is 1. The van der Waals surface area contributed by atoms with E-state index in [9.17, 15) is 4.39 Å². The number of aromatic nitrogens is 2. The first kappa shape index (κ1) is 10.5. The Bertz CT molecular complexity index is 492. The Kier molecular flexibility index (Phi) is 2.76. The first-order valence-electron chi connectivity index (χ1n) is 4.92. The van der Waals surface area contributed by atoms with E-state index in [1.807, 2.05) is 19.3 Å². The number of benzene rings is 1. The van der Waals surface area contributed by atoms with Gasteiger partial charge in [-0.2, -0.15) is 5.10 Å². The minimum atomic E-state index is -0.302. The Labute approximate surface area is 92.9 Å². The zero-order valence-electron chi connectivity index (χ0n) is 8.94. The zero-order valence-corrected chi connectivity index (χ0v) is 8.94. The Hall–Kier alpha value is -2.04. The van der Waals surface area contributed by atoms with Gasteiger partial charge in [0.2, 0.25) is 0 Å². The van der Waals surface area contributed by atoms with Crippen LogP contribution in [0.1, 0.15) is 5.56 Å². The fourth-order valence-electron chi connectivity index (χ4n) is 1.40. The van der Waals surface area contributed by atoms with Crippen molar-refractivity contribution in [2.45, 2.75) is 6.54 Å². The third-order valence-corrected chi connectivity index (χ3v) is 2.25. The standard InChI is InChI=1S/C11H13FN4/c1-16-5-4-11(15-16)14-7-8-2-3-9(13)6-10(8)12/h2-6H,7,13H2,1H3,(H,14,15). The molecule has 1 aromatic heterocycles. The summed E-state index contributed by atoms with van der Waals surface area (Å²) in [4.78, 5) is 0. The average molecular weight is 220 g/mol. The molecule has 0 aliphatic carbocycles. The molecule has 0 bridgehead atoms. The Morgan fingerprint density at radius 1 is 1.44 bits per heavy atom. The molecule has 0 saturated carbocycles. The molecule has 0 radical (unpaired) electrons. The average Bonchev–Trinajstić information content (AvgIpc) is 2.63. The lowest BCUT2D eigenvalue weighted by Gasteiger charge is -2.05. The minimum Gasteiger partial charge on any atom is -0.399 e. The Balaban J connectivity index is 2.04. The number of halogens is 1. The molecule has 0 fully saturated rings. The summed E-state index contributed by atoms with van der Waals surface area (Å²) in [6.07, 6.45) is 1.82. The molecule has 2 rings (SSSR count). The lowest BCUT2D eigenvalue weighted by molar-refractivity contribution is 0.613. The minimum absolute atomic E-state index is 0.302. The summed E-state index contributed by atoms with van der Waals surface area (Å²) in [5, 5.41) is 7.16. The predicted octanol–water partition coefficient (Wildman–Crippen LogP) is 1.75. The van der Waals surface area contributed by atoms with Crippen LogP contribution in [0.5, 0.6) is 0 Å². The first-order valence-corrected chi connectivity index (χ1v) is 4.92. The van der Waals surface area contributed by atoms with Crippen LogP contribution in [0.15, 0.2) is 30.5 Å². The molecule has 2 aromatic rings. The largest absolute Gasteiger partial charge is 0.399 e. The molecule has 0 amide bonds. The molecule has 16 heavy (non-hydrogen) atoms. The van der Waals surface area contributed by atoms with Gasteiger partial charge in [0, 0.05) is 37.1 Å². The molecule has 0 saturated heterocycles. The summed E-state index contributed by atoms with van der Waals surface area (Å²) < 4.78 is 15.1. The summed E-state index contributed by atoms with van der Waals surface area (Å²) in [7, 11) is 1.83. The molecule has 0 atom stereocenters. The summed E-state index contributed by atoms with van der Waals surface area (Å²) in [5.41, 5.74) is 6.46. The van der Waals surface area contributed by atoms with Gasteiger partial charge in [-0.05, 0) is 12.1 Å². The molecule has 0 unspecified atom stereocenters. The number of hydrogen-bond donors (Lipinski definition) is 2. The maximum atomic E-state index is 13.4. The first-order chi connectivity index (χ1) is 7.65. The van der Waals surface area contributed by atoms with Crippen LogP contribution in [0.4, 0.5) is 15.9 Å². The van der Waals surface area contributed by atoms with Gasteiger partial charge in [-0.3, -0.25) is 4.68 Å². The van der Waals surface area contributed by atoms with Crippen LogP contribution in [0.3, 0.4) is 0 Å². The lowest BCUT2D eigenvalue weighted by atomic mass is 10.2. The van der Waals surface area contributed by atoms with E-state index in [4.69, 9.17) is 5.73 Å². The molecule has 5 heteroatoms. The van der Waals surface area contributed by atoms with Crippen molar-refractivity contribution in [1.82, 2.24) is 9.78 Å². The van der Waals surface area contributed by atoms with Gasteiger partial charge >= 0.3 is 0 Å². The molecule has 1 heterocycles. The summed E-state index contributed by atoms with van der Waals surface area (Å²) in [5.74, 6) is 0.419. The number of aryl methyl sites for hydroxylation is 1. The second kappa shape index (κ2) is 4.22. The highest BCUT2D eigenvalue weighted by atomic mass is 19.1. The normalized spacial score (nSPS) is 10.4. The highest BCUT2D eigenvalue weighted by Gasteiger charge is 2.03. The molecule has 3 N–H and O–H groups in total. The Morgan fingerprint density at radius 2 is 2.25 bits per heavy atom.